The van der Waals surface area contributed by atoms with Gasteiger partial charge in [-0.25, -0.2) is 0 Å². The number of aryl methyl sites for hydroxylation is 1. The van der Waals surface area contributed by atoms with E-state index in [0.29, 0.717) is 5.88 Å². The Morgan fingerprint density at radius 3 is 2.75 bits per heavy atom. The molecule has 0 spiro atoms. The van der Waals surface area contributed by atoms with Crippen molar-refractivity contribution in [1.82, 2.24) is 0 Å². The van der Waals surface area contributed by atoms with Gasteiger partial charge in [-0.1, -0.05) is 12.1 Å². The molecule has 1 aliphatic rings. The molecular formula is C11H13Cl. The zero-order valence-corrected chi connectivity index (χ0v) is 8.12. The monoisotopic (exact) mass is 180 g/mol. The quantitative estimate of drug-likeness (QED) is 0.583. The Kier molecular flexibility index (Phi) is 2.10. The second-order valence-electron chi connectivity index (χ2n) is 3.49. The number of alkyl halides is 1. The van der Waals surface area contributed by atoms with Crippen molar-refractivity contribution in [2.45, 2.75) is 32.1 Å². The fourth-order valence-electron chi connectivity index (χ4n) is 2.09. The number of hydrogen-bond acceptors (Lipinski definition) is 0. The van der Waals surface area contributed by atoms with Crippen LogP contribution in [0.5, 0.6) is 0 Å². The lowest BCUT2D eigenvalue weighted by molar-refractivity contribution is 0.906. The van der Waals surface area contributed by atoms with Crippen molar-refractivity contribution in [3.63, 3.8) is 0 Å². The fraction of sp³-hybridized carbons (Fsp3) is 0.455. The molecule has 0 unspecified atom stereocenters. The van der Waals surface area contributed by atoms with Crippen LogP contribution in [-0.2, 0) is 18.7 Å². The lowest BCUT2D eigenvalue weighted by Gasteiger charge is -2.07. The molecule has 1 aliphatic carbocycles. The van der Waals surface area contributed by atoms with E-state index in [1.54, 1.807) is 5.56 Å². The lowest BCUT2D eigenvalue weighted by Crippen LogP contribution is -1.92. The van der Waals surface area contributed by atoms with Crippen LogP contribution in [0.2, 0.25) is 0 Å². The van der Waals surface area contributed by atoms with Gasteiger partial charge in [0.1, 0.15) is 0 Å². The Hall–Kier alpha value is -0.490. The Labute approximate surface area is 78.6 Å². The summed E-state index contributed by atoms with van der Waals surface area (Å²) in [5.41, 5.74) is 5.88. The average Bonchev–Trinajstić information content (AvgIpc) is 2.54. The van der Waals surface area contributed by atoms with Crippen LogP contribution in [0.4, 0.5) is 0 Å². The second kappa shape index (κ2) is 3.10. The summed E-state index contributed by atoms with van der Waals surface area (Å²) in [6.07, 6.45) is 3.80. The standard InChI is InChI=1S/C11H13Cl/c1-8-5-6-9(7-12)11-4-2-3-10(8)11/h5-6H,2-4,7H2,1H3. The summed E-state index contributed by atoms with van der Waals surface area (Å²) in [6, 6.07) is 4.37. The lowest BCUT2D eigenvalue weighted by atomic mass is 10.00. The summed E-state index contributed by atoms with van der Waals surface area (Å²) in [5, 5.41) is 0. The van der Waals surface area contributed by atoms with Gasteiger partial charge < -0.3 is 0 Å². The zero-order valence-electron chi connectivity index (χ0n) is 7.36. The molecule has 0 fully saturated rings. The first-order valence-corrected chi connectivity index (χ1v) is 5.02. The normalized spacial score (nSPS) is 14.8. The van der Waals surface area contributed by atoms with Gasteiger partial charge in [0, 0.05) is 5.88 Å². The SMILES string of the molecule is Cc1ccc(CCl)c2c1CCC2. The predicted octanol–water partition coefficient (Wildman–Crippen LogP) is 3.22. The molecule has 12 heavy (non-hydrogen) atoms. The van der Waals surface area contributed by atoms with Crippen LogP contribution in [0.3, 0.4) is 0 Å². The summed E-state index contributed by atoms with van der Waals surface area (Å²) in [6.45, 7) is 2.20. The summed E-state index contributed by atoms with van der Waals surface area (Å²) < 4.78 is 0. The topological polar surface area (TPSA) is 0 Å². The molecule has 0 bridgehead atoms. The number of hydrogen-bond donors (Lipinski definition) is 0. The van der Waals surface area contributed by atoms with E-state index in [0.717, 1.165) is 0 Å². The van der Waals surface area contributed by atoms with Crippen LogP contribution in [0.15, 0.2) is 12.1 Å². The van der Waals surface area contributed by atoms with Crippen molar-refractivity contribution in [1.29, 1.82) is 0 Å². The summed E-state index contributed by atoms with van der Waals surface area (Å²) in [7, 11) is 0. The molecule has 0 amide bonds. The first kappa shape index (κ1) is 8.12. The maximum atomic E-state index is 5.86. The van der Waals surface area contributed by atoms with Gasteiger partial charge in [0.05, 0.1) is 0 Å². The van der Waals surface area contributed by atoms with Crippen LogP contribution in [0.1, 0.15) is 28.7 Å². The zero-order chi connectivity index (χ0) is 8.55. The molecule has 0 nitrogen and oxygen atoms in total. The summed E-state index contributed by atoms with van der Waals surface area (Å²) >= 11 is 5.86. The third-order valence-electron chi connectivity index (χ3n) is 2.76. The molecule has 1 aromatic carbocycles. The molecule has 64 valence electrons. The minimum atomic E-state index is 0.669. The van der Waals surface area contributed by atoms with Crippen molar-refractivity contribution in [2.75, 3.05) is 0 Å². The van der Waals surface area contributed by atoms with Gasteiger partial charge in [-0.2, -0.15) is 0 Å². The van der Waals surface area contributed by atoms with E-state index < -0.39 is 0 Å². The minimum absolute atomic E-state index is 0.669. The van der Waals surface area contributed by atoms with E-state index >= 15 is 0 Å². The highest BCUT2D eigenvalue weighted by molar-refractivity contribution is 6.17. The van der Waals surface area contributed by atoms with Crippen LogP contribution in [-0.4, -0.2) is 0 Å². The van der Waals surface area contributed by atoms with E-state index in [9.17, 15) is 0 Å². The van der Waals surface area contributed by atoms with E-state index in [2.05, 4.69) is 19.1 Å². The molecule has 0 aliphatic heterocycles. The van der Waals surface area contributed by atoms with Gasteiger partial charge >= 0.3 is 0 Å². The van der Waals surface area contributed by atoms with Crippen LogP contribution < -0.4 is 0 Å². The fourth-order valence-corrected chi connectivity index (χ4v) is 2.34. The first-order valence-electron chi connectivity index (χ1n) is 4.49. The molecule has 0 saturated carbocycles. The van der Waals surface area contributed by atoms with Gasteiger partial charge in [0.25, 0.3) is 0 Å². The van der Waals surface area contributed by atoms with Crippen molar-refractivity contribution in [3.05, 3.63) is 34.4 Å². The molecular weight excluding hydrogens is 168 g/mol. The summed E-state index contributed by atoms with van der Waals surface area (Å²) in [4.78, 5) is 0. The number of benzene rings is 1. The third-order valence-corrected chi connectivity index (χ3v) is 3.05. The summed E-state index contributed by atoms with van der Waals surface area (Å²) in [5.74, 6) is 0.669. The Morgan fingerprint density at radius 2 is 2.00 bits per heavy atom. The first-order chi connectivity index (χ1) is 5.83. The Morgan fingerprint density at radius 1 is 1.25 bits per heavy atom. The maximum Gasteiger partial charge on any atom is 0.0476 e. The number of halogens is 1. The predicted molar refractivity (Wildman–Crippen MR) is 52.8 cm³/mol. The smallest absolute Gasteiger partial charge is 0.0476 e. The van der Waals surface area contributed by atoms with Crippen molar-refractivity contribution >= 4 is 11.6 Å². The molecule has 0 aromatic heterocycles. The van der Waals surface area contributed by atoms with E-state index in [1.807, 2.05) is 0 Å². The third kappa shape index (κ3) is 1.15. The highest BCUT2D eigenvalue weighted by Crippen LogP contribution is 2.28. The molecule has 1 aromatic rings. The average molecular weight is 181 g/mol. The highest BCUT2D eigenvalue weighted by atomic mass is 35.5. The van der Waals surface area contributed by atoms with E-state index in [4.69, 9.17) is 11.6 Å². The number of rotatable bonds is 1. The van der Waals surface area contributed by atoms with Gasteiger partial charge in [0.15, 0.2) is 0 Å². The molecule has 2 rings (SSSR count). The molecule has 0 heterocycles. The molecule has 0 radical (unpaired) electrons. The molecule has 0 N–H and O–H groups in total. The molecule has 0 saturated heterocycles. The number of fused-ring (bicyclic) bond motifs is 1. The van der Waals surface area contributed by atoms with E-state index in [-0.39, 0.29) is 0 Å². The van der Waals surface area contributed by atoms with Crippen LogP contribution in [0, 0.1) is 6.92 Å². The second-order valence-corrected chi connectivity index (χ2v) is 3.75. The Bertz CT molecular complexity index is 302. The van der Waals surface area contributed by atoms with Crippen molar-refractivity contribution in [3.8, 4) is 0 Å². The van der Waals surface area contributed by atoms with Crippen LogP contribution >= 0.6 is 11.6 Å². The van der Waals surface area contributed by atoms with Gasteiger partial charge in [-0.05, 0) is 48.4 Å². The molecule has 1 heteroatoms. The van der Waals surface area contributed by atoms with Crippen LogP contribution in [0.25, 0.3) is 0 Å². The highest BCUT2D eigenvalue weighted by Gasteiger charge is 2.15. The molecule has 0 atom stereocenters. The largest absolute Gasteiger partial charge is 0.122 e. The minimum Gasteiger partial charge on any atom is -0.122 e. The van der Waals surface area contributed by atoms with Crippen molar-refractivity contribution < 1.29 is 0 Å². The van der Waals surface area contributed by atoms with Gasteiger partial charge in [-0.15, -0.1) is 11.6 Å². The Balaban J connectivity index is 2.57. The van der Waals surface area contributed by atoms with E-state index in [1.165, 1.54) is 36.0 Å². The van der Waals surface area contributed by atoms with Gasteiger partial charge in [-0.3, -0.25) is 0 Å². The maximum absolute atomic E-state index is 5.86. The van der Waals surface area contributed by atoms with Gasteiger partial charge in [0.2, 0.25) is 0 Å². The van der Waals surface area contributed by atoms with Crippen molar-refractivity contribution in [2.24, 2.45) is 0 Å².